The summed E-state index contributed by atoms with van der Waals surface area (Å²) in [5, 5.41) is 11.7. The summed E-state index contributed by atoms with van der Waals surface area (Å²) in [5.41, 5.74) is -0.814. The molecule has 100 valence electrons. The molecule has 0 aromatic carbocycles. The second-order valence-electron chi connectivity index (χ2n) is 4.80. The first-order valence-corrected chi connectivity index (χ1v) is 5.63. The molecule has 2 atom stereocenters. The molecule has 0 bridgehead atoms. The molecule has 0 aromatic rings. The lowest BCUT2D eigenvalue weighted by atomic mass is 10.1. The molecule has 0 radical (unpaired) electrons. The van der Waals surface area contributed by atoms with Gasteiger partial charge in [-0.15, -0.1) is 6.42 Å². The number of hydrogen-bond acceptors (Lipinski definition) is 3. The minimum Gasteiger partial charge on any atom is -0.480 e. The minimum absolute atomic E-state index is 0.250. The number of likely N-dealkylation sites (tertiary alicyclic amines) is 1. The highest BCUT2D eigenvalue weighted by molar-refractivity contribution is 5.84. The molecule has 2 N–H and O–H groups in total. The van der Waals surface area contributed by atoms with Crippen LogP contribution in [0.5, 0.6) is 0 Å². The van der Waals surface area contributed by atoms with Gasteiger partial charge in [0.2, 0.25) is 0 Å². The fraction of sp³-hybridized carbons (Fsp3) is 0.667. The second-order valence-corrected chi connectivity index (χ2v) is 4.80. The van der Waals surface area contributed by atoms with Gasteiger partial charge in [-0.25, -0.2) is 9.59 Å². The summed E-state index contributed by atoms with van der Waals surface area (Å²) < 4.78 is 5.10. The summed E-state index contributed by atoms with van der Waals surface area (Å²) in [6.07, 6.45) is 5.31. The molecule has 0 saturated carbocycles. The molecule has 0 aliphatic carbocycles. The number of nitrogens with zero attached hydrogens (tertiary/aromatic N) is 1. The summed E-state index contributed by atoms with van der Waals surface area (Å²) in [5.74, 6) is 1.39. The van der Waals surface area contributed by atoms with Crippen molar-refractivity contribution in [2.75, 3.05) is 13.7 Å². The third kappa shape index (κ3) is 3.14. The predicted molar refractivity (Wildman–Crippen MR) is 65.0 cm³/mol. The van der Waals surface area contributed by atoms with Crippen LogP contribution in [0.15, 0.2) is 0 Å². The monoisotopic (exact) mass is 254 g/mol. The lowest BCUT2D eigenvalue weighted by Gasteiger charge is -2.27. The Balaban J connectivity index is 2.78. The fourth-order valence-corrected chi connectivity index (χ4v) is 1.80. The highest BCUT2D eigenvalue weighted by atomic mass is 16.5. The van der Waals surface area contributed by atoms with Gasteiger partial charge in [-0.1, -0.05) is 5.92 Å². The van der Waals surface area contributed by atoms with E-state index >= 15 is 0 Å². The first-order valence-electron chi connectivity index (χ1n) is 5.63. The van der Waals surface area contributed by atoms with Crippen LogP contribution >= 0.6 is 0 Å². The molecule has 1 fully saturated rings. The van der Waals surface area contributed by atoms with Gasteiger partial charge in [0, 0.05) is 20.1 Å². The molecule has 6 nitrogen and oxygen atoms in total. The zero-order chi connectivity index (χ0) is 13.9. The summed E-state index contributed by atoms with van der Waals surface area (Å²) in [4.78, 5) is 24.3. The van der Waals surface area contributed by atoms with Crippen molar-refractivity contribution in [2.45, 2.75) is 38.0 Å². The van der Waals surface area contributed by atoms with Gasteiger partial charge in [0.15, 0.2) is 0 Å². The van der Waals surface area contributed by atoms with E-state index in [4.69, 9.17) is 16.3 Å². The van der Waals surface area contributed by atoms with E-state index in [0.29, 0.717) is 0 Å². The average Bonchev–Trinajstić information content (AvgIpc) is 2.72. The molecule has 1 heterocycles. The number of nitrogens with one attached hydrogen (secondary N) is 1. The van der Waals surface area contributed by atoms with Gasteiger partial charge in [0.05, 0.1) is 11.6 Å². The van der Waals surface area contributed by atoms with Crippen LogP contribution in [0.3, 0.4) is 0 Å². The zero-order valence-corrected chi connectivity index (χ0v) is 10.8. The quantitative estimate of drug-likeness (QED) is 0.709. The highest BCUT2D eigenvalue weighted by Gasteiger charge is 2.40. The largest absolute Gasteiger partial charge is 0.480 e. The van der Waals surface area contributed by atoms with Crippen LogP contribution in [-0.4, -0.2) is 53.3 Å². The zero-order valence-electron chi connectivity index (χ0n) is 10.8. The van der Waals surface area contributed by atoms with Gasteiger partial charge >= 0.3 is 12.0 Å². The molecule has 0 spiro atoms. The third-order valence-electron chi connectivity index (χ3n) is 2.92. The number of carboxylic acids is 1. The van der Waals surface area contributed by atoms with Crippen LogP contribution in [0, 0.1) is 12.3 Å². The second kappa shape index (κ2) is 5.27. The molecular weight excluding hydrogens is 236 g/mol. The molecule has 0 aromatic heterocycles. The molecule has 1 aliphatic rings. The Morgan fingerprint density at radius 3 is 2.61 bits per heavy atom. The van der Waals surface area contributed by atoms with Crippen molar-refractivity contribution in [2.24, 2.45) is 0 Å². The molecule has 1 saturated heterocycles. The highest BCUT2D eigenvalue weighted by Crippen LogP contribution is 2.20. The molecule has 18 heavy (non-hydrogen) atoms. The average molecular weight is 254 g/mol. The van der Waals surface area contributed by atoms with Crippen molar-refractivity contribution in [1.29, 1.82) is 0 Å². The van der Waals surface area contributed by atoms with E-state index in [1.54, 1.807) is 13.8 Å². The van der Waals surface area contributed by atoms with Crippen LogP contribution in [0.25, 0.3) is 0 Å². The van der Waals surface area contributed by atoms with E-state index in [-0.39, 0.29) is 19.1 Å². The Morgan fingerprint density at radius 2 is 2.17 bits per heavy atom. The molecule has 1 rings (SSSR count). The molecule has 2 amide bonds. The molecule has 2 unspecified atom stereocenters. The molecule has 6 heteroatoms. The number of aliphatic carboxylic acids is 1. The Kier molecular flexibility index (Phi) is 4.19. The van der Waals surface area contributed by atoms with Gasteiger partial charge in [-0.05, 0) is 13.8 Å². The fourth-order valence-electron chi connectivity index (χ4n) is 1.80. The van der Waals surface area contributed by atoms with Gasteiger partial charge in [-0.3, -0.25) is 0 Å². The van der Waals surface area contributed by atoms with Crippen molar-refractivity contribution >= 4 is 12.0 Å². The summed E-state index contributed by atoms with van der Waals surface area (Å²) >= 11 is 0. The van der Waals surface area contributed by atoms with Crippen molar-refractivity contribution in [1.82, 2.24) is 10.2 Å². The van der Waals surface area contributed by atoms with Crippen molar-refractivity contribution < 1.29 is 19.4 Å². The van der Waals surface area contributed by atoms with Crippen molar-refractivity contribution in [3.8, 4) is 12.3 Å². The Hall–Kier alpha value is -1.74. The maximum absolute atomic E-state index is 12.0. The smallest absolute Gasteiger partial charge is 0.326 e. The number of ether oxygens (including phenoxy) is 1. The third-order valence-corrected chi connectivity index (χ3v) is 2.92. The number of hydrogen-bond donors (Lipinski definition) is 2. The minimum atomic E-state index is -1.04. The lowest BCUT2D eigenvalue weighted by Crippen LogP contribution is -2.52. The number of carbonyl (C=O) groups excluding carboxylic acids is 1. The van der Waals surface area contributed by atoms with Gasteiger partial charge < -0.3 is 20.1 Å². The van der Waals surface area contributed by atoms with E-state index in [0.717, 1.165) is 0 Å². The van der Waals surface area contributed by atoms with Crippen LogP contribution in [0.1, 0.15) is 20.3 Å². The van der Waals surface area contributed by atoms with Gasteiger partial charge in [-0.2, -0.15) is 0 Å². The number of urea groups is 1. The maximum Gasteiger partial charge on any atom is 0.326 e. The first-order chi connectivity index (χ1) is 8.30. The van der Waals surface area contributed by atoms with Crippen LogP contribution in [0.2, 0.25) is 0 Å². The summed E-state index contributed by atoms with van der Waals surface area (Å²) in [6.45, 7) is 3.59. The summed E-state index contributed by atoms with van der Waals surface area (Å²) in [6, 6.07) is -1.35. The SMILES string of the molecule is C#CC(C)(C)NC(=O)N1CC(OC)CC1C(=O)O. The van der Waals surface area contributed by atoms with E-state index in [9.17, 15) is 9.59 Å². The number of terminal acetylenes is 1. The van der Waals surface area contributed by atoms with Crippen molar-refractivity contribution in [3.05, 3.63) is 0 Å². The first kappa shape index (κ1) is 14.3. The van der Waals surface area contributed by atoms with Gasteiger partial charge in [0.25, 0.3) is 0 Å². The topological polar surface area (TPSA) is 78.9 Å². The Morgan fingerprint density at radius 1 is 1.56 bits per heavy atom. The normalized spacial score (nSPS) is 23.6. The van der Waals surface area contributed by atoms with Crippen molar-refractivity contribution in [3.63, 3.8) is 0 Å². The van der Waals surface area contributed by atoms with E-state index < -0.39 is 23.6 Å². The van der Waals surface area contributed by atoms with E-state index in [1.165, 1.54) is 12.0 Å². The molecule has 1 aliphatic heterocycles. The lowest BCUT2D eigenvalue weighted by molar-refractivity contribution is -0.141. The van der Waals surface area contributed by atoms with E-state index in [1.807, 2.05) is 0 Å². The Bertz CT molecular complexity index is 386. The standard InChI is InChI=1S/C12H18N2O4/c1-5-12(2,3)13-11(17)14-7-8(18-4)6-9(14)10(15)16/h1,8-9H,6-7H2,2-4H3,(H,13,17)(H,15,16). The van der Waals surface area contributed by atoms with Gasteiger partial charge in [0.1, 0.15) is 6.04 Å². The maximum atomic E-state index is 12.0. The number of amides is 2. The number of carbonyl (C=O) groups is 2. The number of methoxy groups -OCH3 is 1. The summed E-state index contributed by atoms with van der Waals surface area (Å²) in [7, 11) is 1.50. The number of rotatable bonds is 3. The molecular formula is C12H18N2O4. The van der Waals surface area contributed by atoms with Crippen LogP contribution < -0.4 is 5.32 Å². The van der Waals surface area contributed by atoms with E-state index in [2.05, 4.69) is 11.2 Å². The Labute approximate surface area is 106 Å². The van der Waals surface area contributed by atoms with Crippen LogP contribution in [0.4, 0.5) is 4.79 Å². The predicted octanol–water partition coefficient (Wildman–Crippen LogP) is 0.282. The number of carboxylic acid groups (broad SMARTS) is 1. The van der Waals surface area contributed by atoms with Crippen LogP contribution in [-0.2, 0) is 9.53 Å².